The highest BCUT2D eigenvalue weighted by atomic mass is 32.1. The summed E-state index contributed by atoms with van der Waals surface area (Å²) in [5, 5.41) is 10.6. The summed E-state index contributed by atoms with van der Waals surface area (Å²) in [4.78, 5) is 8.34. The van der Waals surface area contributed by atoms with Crippen LogP contribution in [0.4, 0.5) is 5.00 Å². The number of aromatic nitrogens is 2. The van der Waals surface area contributed by atoms with E-state index in [1.807, 2.05) is 19.1 Å². The molecule has 0 atom stereocenters. The lowest BCUT2D eigenvalue weighted by Crippen LogP contribution is -2.08. The second kappa shape index (κ2) is 5.17. The predicted molar refractivity (Wildman–Crippen MR) is 72.1 cm³/mol. The van der Waals surface area contributed by atoms with E-state index in [1.165, 1.54) is 11.3 Å². The first kappa shape index (κ1) is 11.9. The minimum Gasteiger partial charge on any atom is -0.308 e. The van der Waals surface area contributed by atoms with E-state index in [1.54, 1.807) is 16.7 Å². The summed E-state index contributed by atoms with van der Waals surface area (Å²) in [6.07, 6.45) is 3.44. The van der Waals surface area contributed by atoms with Crippen molar-refractivity contribution in [1.82, 2.24) is 9.97 Å². The van der Waals surface area contributed by atoms with E-state index in [4.69, 9.17) is 5.26 Å². The van der Waals surface area contributed by atoms with E-state index in [-0.39, 0.29) is 0 Å². The molecule has 0 saturated carbocycles. The Morgan fingerprint density at radius 1 is 1.59 bits per heavy atom. The fourth-order valence-electron chi connectivity index (χ4n) is 1.32. The van der Waals surface area contributed by atoms with E-state index in [0.29, 0.717) is 12.2 Å². The van der Waals surface area contributed by atoms with Gasteiger partial charge in [0.25, 0.3) is 0 Å². The second-order valence-corrected chi connectivity index (χ2v) is 4.70. The van der Waals surface area contributed by atoms with Gasteiger partial charge in [0.2, 0.25) is 0 Å². The number of pyridine rings is 1. The summed E-state index contributed by atoms with van der Waals surface area (Å²) >= 11 is 5.75. The SMILES string of the molecule is CCN(S)c1sc(-c2cccnc2)nc1C#N. The smallest absolute Gasteiger partial charge is 0.176 e. The molecule has 17 heavy (non-hydrogen) atoms. The maximum Gasteiger partial charge on any atom is 0.176 e. The number of rotatable bonds is 3. The highest BCUT2D eigenvalue weighted by Gasteiger charge is 2.15. The van der Waals surface area contributed by atoms with Crippen LogP contribution in [0.2, 0.25) is 0 Å². The number of nitrogens with zero attached hydrogens (tertiary/aromatic N) is 4. The van der Waals surface area contributed by atoms with Crippen LogP contribution in [0.25, 0.3) is 10.6 Å². The Kier molecular flexibility index (Phi) is 3.61. The zero-order valence-corrected chi connectivity index (χ0v) is 10.9. The van der Waals surface area contributed by atoms with Crippen molar-refractivity contribution < 1.29 is 0 Å². The van der Waals surface area contributed by atoms with Gasteiger partial charge in [-0.3, -0.25) is 4.98 Å². The van der Waals surface area contributed by atoms with Crippen molar-refractivity contribution in [2.75, 3.05) is 10.8 Å². The van der Waals surface area contributed by atoms with Gasteiger partial charge in [0, 0.05) is 24.5 Å². The summed E-state index contributed by atoms with van der Waals surface area (Å²) in [6.45, 7) is 2.68. The third kappa shape index (κ3) is 2.40. The van der Waals surface area contributed by atoms with Crippen LogP contribution in [0.15, 0.2) is 24.5 Å². The molecule has 2 aromatic rings. The van der Waals surface area contributed by atoms with Gasteiger partial charge < -0.3 is 4.31 Å². The number of anilines is 1. The van der Waals surface area contributed by atoms with Gasteiger partial charge in [-0.25, -0.2) is 4.98 Å². The number of hydrogen-bond donors (Lipinski definition) is 1. The Morgan fingerprint density at radius 2 is 2.41 bits per heavy atom. The largest absolute Gasteiger partial charge is 0.308 e. The fraction of sp³-hybridized carbons (Fsp3) is 0.182. The zero-order valence-electron chi connectivity index (χ0n) is 9.16. The Bertz CT molecular complexity index is 544. The molecular weight excluding hydrogens is 252 g/mol. The van der Waals surface area contributed by atoms with Crippen LogP contribution in [0.1, 0.15) is 12.6 Å². The summed E-state index contributed by atoms with van der Waals surface area (Å²) in [5.74, 6) is 0. The van der Waals surface area contributed by atoms with Crippen LogP contribution in [-0.4, -0.2) is 16.5 Å². The summed E-state index contributed by atoms with van der Waals surface area (Å²) in [7, 11) is 0. The minimum atomic E-state index is 0.408. The molecule has 6 heteroatoms. The summed E-state index contributed by atoms with van der Waals surface area (Å²) in [5.41, 5.74) is 1.32. The molecule has 0 aliphatic carbocycles. The molecule has 0 saturated heterocycles. The number of hydrogen-bond acceptors (Lipinski definition) is 6. The Morgan fingerprint density at radius 3 is 3.00 bits per heavy atom. The lowest BCUT2D eigenvalue weighted by atomic mass is 10.3. The van der Waals surface area contributed by atoms with E-state index >= 15 is 0 Å². The Labute approximate surface area is 109 Å². The number of thiol groups is 1. The molecule has 0 fully saturated rings. The third-order valence-corrected chi connectivity index (χ3v) is 3.90. The second-order valence-electron chi connectivity index (χ2n) is 3.24. The fourth-order valence-corrected chi connectivity index (χ4v) is 2.51. The highest BCUT2D eigenvalue weighted by Crippen LogP contribution is 2.34. The lowest BCUT2D eigenvalue weighted by molar-refractivity contribution is 1.12. The Balaban J connectivity index is 2.46. The first-order chi connectivity index (χ1) is 8.26. The Hall–Kier alpha value is -1.58. The molecule has 2 heterocycles. The average Bonchev–Trinajstić information content (AvgIpc) is 2.83. The predicted octanol–water partition coefficient (Wildman–Crippen LogP) is 2.75. The van der Waals surface area contributed by atoms with Crippen LogP contribution in [0.5, 0.6) is 0 Å². The molecule has 0 aliphatic heterocycles. The van der Waals surface area contributed by atoms with Crippen molar-refractivity contribution in [3.63, 3.8) is 0 Å². The van der Waals surface area contributed by atoms with Crippen LogP contribution >= 0.6 is 24.2 Å². The van der Waals surface area contributed by atoms with Crippen LogP contribution in [-0.2, 0) is 0 Å². The molecule has 4 nitrogen and oxygen atoms in total. The third-order valence-electron chi connectivity index (χ3n) is 2.16. The van der Waals surface area contributed by atoms with E-state index < -0.39 is 0 Å². The van der Waals surface area contributed by atoms with Crippen molar-refractivity contribution in [2.24, 2.45) is 0 Å². The van der Waals surface area contributed by atoms with Crippen molar-refractivity contribution in [3.8, 4) is 16.6 Å². The van der Waals surface area contributed by atoms with Crippen molar-refractivity contribution in [2.45, 2.75) is 6.92 Å². The molecule has 0 bridgehead atoms. The van der Waals surface area contributed by atoms with Crippen molar-refractivity contribution >= 4 is 29.2 Å². The van der Waals surface area contributed by atoms with E-state index in [0.717, 1.165) is 15.6 Å². The van der Waals surface area contributed by atoms with Crippen LogP contribution in [0, 0.1) is 11.3 Å². The van der Waals surface area contributed by atoms with Crippen molar-refractivity contribution in [1.29, 1.82) is 5.26 Å². The molecule has 0 aromatic carbocycles. The summed E-state index contributed by atoms with van der Waals surface area (Å²) in [6, 6.07) is 5.86. The maximum atomic E-state index is 9.04. The molecule has 2 aromatic heterocycles. The molecule has 0 amide bonds. The van der Waals surface area contributed by atoms with Gasteiger partial charge in [-0.2, -0.15) is 5.26 Å². The van der Waals surface area contributed by atoms with Gasteiger partial charge in [0.15, 0.2) is 5.69 Å². The molecule has 86 valence electrons. The quantitative estimate of drug-likeness (QED) is 0.864. The highest BCUT2D eigenvalue weighted by molar-refractivity contribution is 7.82. The average molecular weight is 262 g/mol. The van der Waals surface area contributed by atoms with Gasteiger partial charge in [-0.1, -0.05) is 24.2 Å². The maximum absolute atomic E-state index is 9.04. The van der Waals surface area contributed by atoms with Crippen LogP contribution < -0.4 is 4.31 Å². The normalized spacial score (nSPS) is 9.94. The van der Waals surface area contributed by atoms with Crippen LogP contribution in [0.3, 0.4) is 0 Å². The standard InChI is InChI=1S/C11H10N4S2/c1-2-15(16)11-9(6-12)14-10(17-11)8-4-3-5-13-7-8/h3-5,7,16H,2H2,1H3. The molecular formula is C11H10N4S2. The number of thiazole rings is 1. The zero-order chi connectivity index (χ0) is 12.3. The first-order valence-corrected chi connectivity index (χ1v) is 6.25. The van der Waals surface area contributed by atoms with Gasteiger partial charge in [-0.05, 0) is 19.1 Å². The van der Waals surface area contributed by atoms with Gasteiger partial charge in [0.05, 0.1) is 0 Å². The summed E-state index contributed by atoms with van der Waals surface area (Å²) < 4.78 is 1.72. The monoisotopic (exact) mass is 262 g/mol. The number of nitriles is 1. The molecule has 0 radical (unpaired) electrons. The lowest BCUT2D eigenvalue weighted by Gasteiger charge is -2.10. The van der Waals surface area contributed by atoms with Gasteiger partial charge in [0.1, 0.15) is 16.1 Å². The first-order valence-electron chi connectivity index (χ1n) is 5.04. The topological polar surface area (TPSA) is 52.8 Å². The minimum absolute atomic E-state index is 0.408. The molecule has 0 N–H and O–H groups in total. The van der Waals surface area contributed by atoms with Gasteiger partial charge in [-0.15, -0.1) is 0 Å². The van der Waals surface area contributed by atoms with E-state index in [2.05, 4.69) is 28.9 Å². The molecule has 2 rings (SSSR count). The van der Waals surface area contributed by atoms with Gasteiger partial charge >= 0.3 is 0 Å². The molecule has 0 unspecified atom stereocenters. The molecule has 0 aliphatic rings. The van der Waals surface area contributed by atoms with Crippen molar-refractivity contribution in [3.05, 3.63) is 30.2 Å². The van der Waals surface area contributed by atoms with E-state index in [9.17, 15) is 0 Å². The molecule has 0 spiro atoms.